The average molecular weight is 376 g/mol. The second kappa shape index (κ2) is 6.45. The molecule has 1 aromatic carbocycles. The van der Waals surface area contributed by atoms with Gasteiger partial charge in [-0.1, -0.05) is 17.7 Å². The molecule has 0 aliphatic carbocycles. The van der Waals surface area contributed by atoms with Gasteiger partial charge in [-0.05, 0) is 12.1 Å². The third kappa shape index (κ3) is 2.82. The fourth-order valence-electron chi connectivity index (χ4n) is 2.87. The second-order valence-electron chi connectivity index (χ2n) is 5.90. The Morgan fingerprint density at radius 3 is 3.08 bits per heavy atom. The van der Waals surface area contributed by atoms with Crippen molar-refractivity contribution in [3.63, 3.8) is 0 Å². The predicted molar refractivity (Wildman–Crippen MR) is 94.3 cm³/mol. The van der Waals surface area contributed by atoms with Gasteiger partial charge in [0.05, 0.1) is 18.9 Å². The molecule has 3 heterocycles. The van der Waals surface area contributed by atoms with E-state index in [-0.39, 0.29) is 24.5 Å². The molecule has 0 saturated carbocycles. The van der Waals surface area contributed by atoms with Crippen molar-refractivity contribution in [1.82, 2.24) is 19.7 Å². The predicted octanol–water partition coefficient (Wildman–Crippen LogP) is 2.28. The first-order chi connectivity index (χ1) is 12.5. The number of fused-ring (bicyclic) bond motifs is 2. The van der Waals surface area contributed by atoms with Gasteiger partial charge in [0, 0.05) is 24.2 Å². The third-order valence-electron chi connectivity index (χ3n) is 4.18. The van der Waals surface area contributed by atoms with Crippen LogP contribution in [-0.4, -0.2) is 40.5 Å². The summed E-state index contributed by atoms with van der Waals surface area (Å²) in [4.78, 5) is 22.3. The Kier molecular flexibility index (Phi) is 4.12. The van der Waals surface area contributed by atoms with Gasteiger partial charge in [0.15, 0.2) is 11.3 Å². The molecule has 2 aromatic heterocycles. The number of carbonyl (C=O) groups excluding carboxylic acids is 1. The zero-order chi connectivity index (χ0) is 18.3. The lowest BCUT2D eigenvalue weighted by molar-refractivity contribution is 0.0936. The molecule has 0 spiro atoms. The van der Waals surface area contributed by atoms with Gasteiger partial charge >= 0.3 is 0 Å². The van der Waals surface area contributed by atoms with Crippen LogP contribution in [0.4, 0.5) is 10.2 Å². The molecule has 9 heteroatoms. The van der Waals surface area contributed by atoms with Crippen LogP contribution in [-0.2, 0) is 6.54 Å². The van der Waals surface area contributed by atoms with Crippen LogP contribution >= 0.6 is 11.6 Å². The van der Waals surface area contributed by atoms with Crippen LogP contribution in [0.5, 0.6) is 5.75 Å². The van der Waals surface area contributed by atoms with Gasteiger partial charge in [-0.15, -0.1) is 0 Å². The molecule has 0 radical (unpaired) electrons. The number of rotatable bonds is 0. The summed E-state index contributed by atoms with van der Waals surface area (Å²) in [5.74, 6) is -0.240. The maximum absolute atomic E-state index is 14.2. The smallest absolute Gasteiger partial charge is 0.273 e. The highest BCUT2D eigenvalue weighted by molar-refractivity contribution is 6.31. The van der Waals surface area contributed by atoms with Crippen molar-refractivity contribution in [2.75, 3.05) is 25.1 Å². The zero-order valence-corrected chi connectivity index (χ0v) is 14.6. The largest absolute Gasteiger partial charge is 0.491 e. The van der Waals surface area contributed by atoms with Gasteiger partial charge in [-0.2, -0.15) is 9.37 Å². The Hall–Kier alpha value is -2.87. The van der Waals surface area contributed by atoms with E-state index in [9.17, 15) is 9.18 Å². The van der Waals surface area contributed by atoms with Crippen molar-refractivity contribution in [2.24, 2.45) is 0 Å². The molecule has 0 saturated heterocycles. The van der Waals surface area contributed by atoms with Gasteiger partial charge in [-0.25, -0.2) is 4.98 Å². The molecule has 1 aliphatic rings. The minimum atomic E-state index is -0.841. The summed E-state index contributed by atoms with van der Waals surface area (Å²) < 4.78 is 21.3. The highest BCUT2D eigenvalue weighted by Gasteiger charge is 2.21. The van der Waals surface area contributed by atoms with Gasteiger partial charge in [0.25, 0.3) is 5.91 Å². The summed E-state index contributed by atoms with van der Waals surface area (Å²) in [6, 6.07) is 5.41. The standard InChI is InChI=1S/C17H15ClFN5O2/c1-23-8-10-11(18)3-2-4-12(10)26-6-5-20-17(25)15-16(19)22-13-7-21-14(23)9-24(13)15/h2-4,7,9H,5-6,8H2,1H3,(H,20,25). The van der Waals surface area contributed by atoms with Gasteiger partial charge in [0.2, 0.25) is 5.95 Å². The Balaban J connectivity index is 1.84. The Morgan fingerprint density at radius 2 is 2.23 bits per heavy atom. The number of imidazole rings is 1. The summed E-state index contributed by atoms with van der Waals surface area (Å²) in [6.45, 7) is 0.870. The van der Waals surface area contributed by atoms with E-state index >= 15 is 0 Å². The molecule has 2 bridgehead atoms. The van der Waals surface area contributed by atoms with E-state index in [0.29, 0.717) is 23.1 Å². The number of nitrogens with zero attached hydrogens (tertiary/aromatic N) is 4. The number of anilines is 1. The lowest BCUT2D eigenvalue weighted by Gasteiger charge is -2.21. The van der Waals surface area contributed by atoms with Crippen LogP contribution in [0.15, 0.2) is 30.6 Å². The topological polar surface area (TPSA) is 71.8 Å². The highest BCUT2D eigenvalue weighted by atomic mass is 35.5. The maximum Gasteiger partial charge on any atom is 0.273 e. The summed E-state index contributed by atoms with van der Waals surface area (Å²) in [7, 11) is 1.83. The first-order valence-corrected chi connectivity index (χ1v) is 8.35. The molecule has 4 rings (SSSR count). The number of halogens is 2. The normalized spacial score (nSPS) is 14.9. The van der Waals surface area contributed by atoms with E-state index in [2.05, 4.69) is 15.3 Å². The van der Waals surface area contributed by atoms with Crippen molar-refractivity contribution in [2.45, 2.75) is 6.54 Å². The van der Waals surface area contributed by atoms with Crippen molar-refractivity contribution in [3.05, 3.63) is 52.8 Å². The van der Waals surface area contributed by atoms with Gasteiger partial charge in [-0.3, -0.25) is 9.20 Å². The molecule has 0 atom stereocenters. The van der Waals surface area contributed by atoms with Gasteiger partial charge < -0.3 is 15.0 Å². The number of hydrogen-bond donors (Lipinski definition) is 1. The van der Waals surface area contributed by atoms with Crippen LogP contribution in [0.1, 0.15) is 16.1 Å². The molecule has 7 nitrogen and oxygen atoms in total. The third-order valence-corrected chi connectivity index (χ3v) is 4.53. The van der Waals surface area contributed by atoms with Crippen LogP contribution in [0.2, 0.25) is 5.02 Å². The maximum atomic E-state index is 14.2. The van der Waals surface area contributed by atoms with Crippen LogP contribution < -0.4 is 15.0 Å². The number of benzene rings is 1. The molecule has 134 valence electrons. The summed E-state index contributed by atoms with van der Waals surface area (Å²) in [6.07, 6.45) is 3.00. The highest BCUT2D eigenvalue weighted by Crippen LogP contribution is 2.29. The lowest BCUT2D eigenvalue weighted by atomic mass is 10.2. The molecule has 1 N–H and O–H groups in total. The number of aromatic nitrogens is 3. The fraction of sp³-hybridized carbons (Fsp3) is 0.235. The van der Waals surface area contributed by atoms with E-state index in [4.69, 9.17) is 16.3 Å². The van der Waals surface area contributed by atoms with E-state index in [0.717, 1.165) is 5.56 Å². The van der Waals surface area contributed by atoms with E-state index < -0.39 is 11.9 Å². The lowest BCUT2D eigenvalue weighted by Crippen LogP contribution is -2.29. The van der Waals surface area contributed by atoms with Crippen molar-refractivity contribution >= 4 is 29.0 Å². The van der Waals surface area contributed by atoms with E-state index in [1.165, 1.54) is 10.6 Å². The first kappa shape index (κ1) is 16.6. The molecular weight excluding hydrogens is 361 g/mol. The zero-order valence-electron chi connectivity index (χ0n) is 13.9. The van der Waals surface area contributed by atoms with Crippen molar-refractivity contribution in [3.8, 4) is 5.75 Å². The molecule has 1 amide bonds. The summed E-state index contributed by atoms with van der Waals surface area (Å²) >= 11 is 6.34. The van der Waals surface area contributed by atoms with E-state index in [1.54, 1.807) is 18.3 Å². The fourth-order valence-corrected chi connectivity index (χ4v) is 3.10. The Labute approximate surface area is 153 Å². The first-order valence-electron chi connectivity index (χ1n) is 7.97. The number of hydrogen-bond acceptors (Lipinski definition) is 5. The summed E-state index contributed by atoms with van der Waals surface area (Å²) in [5.41, 5.74) is 0.905. The van der Waals surface area contributed by atoms with Crippen molar-refractivity contribution in [1.29, 1.82) is 0 Å². The monoisotopic (exact) mass is 375 g/mol. The molecule has 26 heavy (non-hydrogen) atoms. The Morgan fingerprint density at radius 1 is 1.38 bits per heavy atom. The molecule has 1 aliphatic heterocycles. The number of ether oxygens (including phenoxy) is 1. The molecule has 3 aromatic rings. The molecule has 0 unspecified atom stereocenters. The number of carbonyl (C=O) groups is 1. The molecule has 0 fully saturated rings. The van der Waals surface area contributed by atoms with E-state index in [1.807, 2.05) is 18.0 Å². The second-order valence-corrected chi connectivity index (χ2v) is 6.31. The minimum Gasteiger partial charge on any atom is -0.491 e. The summed E-state index contributed by atoms with van der Waals surface area (Å²) in [5, 5.41) is 3.21. The Bertz CT molecular complexity index is 1010. The quantitative estimate of drug-likeness (QED) is 0.652. The number of amides is 1. The number of nitrogens with one attached hydrogen (secondary N) is 1. The van der Waals surface area contributed by atoms with Crippen LogP contribution in [0, 0.1) is 5.95 Å². The van der Waals surface area contributed by atoms with Gasteiger partial charge in [0.1, 0.15) is 18.2 Å². The van der Waals surface area contributed by atoms with Crippen LogP contribution in [0.3, 0.4) is 0 Å². The molecular formula is C17H15ClFN5O2. The SMILES string of the molecule is CN1Cc2c(Cl)cccc2OCCNC(=O)c2c(F)nc3cnc1cn23. The average Bonchev–Trinajstić information content (AvgIpc) is 2.95. The van der Waals surface area contributed by atoms with Crippen molar-refractivity contribution < 1.29 is 13.9 Å². The minimum absolute atomic E-state index is 0.160. The van der Waals surface area contributed by atoms with Crippen LogP contribution in [0.25, 0.3) is 5.65 Å².